The van der Waals surface area contributed by atoms with Gasteiger partial charge in [-0.3, -0.25) is 4.99 Å². The van der Waals surface area contributed by atoms with Crippen LogP contribution in [0, 0.1) is 0 Å². The molecule has 0 aliphatic heterocycles. The number of benzene rings is 1. The lowest BCUT2D eigenvalue weighted by Gasteiger charge is -2.16. The first-order valence-electron chi connectivity index (χ1n) is 9.22. The number of nitrogens with one attached hydrogen (secondary N) is 2. The first-order valence-corrected chi connectivity index (χ1v) is 9.22. The number of hydrogen-bond donors (Lipinski definition) is 2. The molecule has 1 atom stereocenters. The molecule has 0 fully saturated rings. The third-order valence-electron chi connectivity index (χ3n) is 4.23. The molecule has 0 spiro atoms. The van der Waals surface area contributed by atoms with E-state index in [-0.39, 0.29) is 24.0 Å². The fraction of sp³-hybridized carbons (Fsp3) is 0.526. The normalized spacial score (nSPS) is 12.3. The van der Waals surface area contributed by atoms with Crippen LogP contribution in [0.5, 0.6) is 0 Å². The van der Waals surface area contributed by atoms with E-state index in [1.165, 1.54) is 5.56 Å². The molecule has 0 bridgehead atoms. The van der Waals surface area contributed by atoms with Crippen molar-refractivity contribution in [2.75, 3.05) is 19.6 Å². The van der Waals surface area contributed by atoms with Crippen LogP contribution in [0.4, 0.5) is 0 Å². The fourth-order valence-corrected chi connectivity index (χ4v) is 2.77. The molecular formula is C19H31IN6. The highest BCUT2D eigenvalue weighted by atomic mass is 127. The van der Waals surface area contributed by atoms with Crippen molar-refractivity contribution in [2.24, 2.45) is 4.99 Å². The Bertz CT molecular complexity index is 640. The molecule has 1 aromatic carbocycles. The van der Waals surface area contributed by atoms with E-state index in [9.17, 15) is 0 Å². The van der Waals surface area contributed by atoms with E-state index >= 15 is 0 Å². The minimum absolute atomic E-state index is 0. The highest BCUT2D eigenvalue weighted by molar-refractivity contribution is 14.0. The Kier molecular flexibility index (Phi) is 10.9. The summed E-state index contributed by atoms with van der Waals surface area (Å²) in [6, 6.07) is 10.6. The summed E-state index contributed by atoms with van der Waals surface area (Å²) in [6.45, 7) is 9.64. The van der Waals surface area contributed by atoms with Crippen LogP contribution < -0.4 is 10.6 Å². The molecule has 1 aromatic heterocycles. The molecule has 7 heteroatoms. The number of aryl methyl sites for hydroxylation is 1. The molecule has 2 aromatic rings. The van der Waals surface area contributed by atoms with Crippen LogP contribution in [-0.2, 0) is 13.0 Å². The maximum absolute atomic E-state index is 4.78. The molecule has 0 aliphatic rings. The number of aliphatic imine (C=N–C) groups is 1. The first-order chi connectivity index (χ1) is 12.3. The second-order valence-corrected chi connectivity index (χ2v) is 5.96. The standard InChI is InChI=1S/C19H30N6.HI/c1-4-16(17-10-8-7-9-11-17)14-22-19(20-6-3)21-12-13-25-15-23-24-18(25)5-2;/h7-11,15-16H,4-6,12-14H2,1-3H3,(H2,20,21,22);1H. The summed E-state index contributed by atoms with van der Waals surface area (Å²) in [5.41, 5.74) is 1.35. The van der Waals surface area contributed by atoms with Crippen LogP contribution in [-0.4, -0.2) is 40.4 Å². The van der Waals surface area contributed by atoms with E-state index in [0.717, 1.165) is 50.8 Å². The van der Waals surface area contributed by atoms with Crippen LogP contribution in [0.1, 0.15) is 44.5 Å². The molecule has 0 saturated carbocycles. The van der Waals surface area contributed by atoms with Gasteiger partial charge in [-0.1, -0.05) is 44.2 Å². The Labute approximate surface area is 173 Å². The van der Waals surface area contributed by atoms with Gasteiger partial charge >= 0.3 is 0 Å². The van der Waals surface area contributed by atoms with E-state index in [0.29, 0.717) is 5.92 Å². The Morgan fingerprint density at radius 2 is 1.92 bits per heavy atom. The van der Waals surface area contributed by atoms with Crippen molar-refractivity contribution in [2.45, 2.75) is 46.1 Å². The average Bonchev–Trinajstić information content (AvgIpc) is 3.10. The van der Waals surface area contributed by atoms with Crippen LogP contribution in [0.2, 0.25) is 0 Å². The second-order valence-electron chi connectivity index (χ2n) is 5.96. The van der Waals surface area contributed by atoms with Crippen LogP contribution in [0.15, 0.2) is 41.7 Å². The molecule has 2 rings (SSSR count). The van der Waals surface area contributed by atoms with Crippen molar-refractivity contribution in [3.05, 3.63) is 48.0 Å². The quantitative estimate of drug-likeness (QED) is 0.336. The van der Waals surface area contributed by atoms with Gasteiger partial charge in [0.05, 0.1) is 0 Å². The highest BCUT2D eigenvalue weighted by Crippen LogP contribution is 2.19. The maximum atomic E-state index is 4.78. The molecule has 0 aliphatic carbocycles. The molecule has 6 nitrogen and oxygen atoms in total. The van der Waals surface area contributed by atoms with Gasteiger partial charge in [-0.2, -0.15) is 0 Å². The predicted molar refractivity (Wildman–Crippen MR) is 118 cm³/mol. The molecule has 144 valence electrons. The lowest BCUT2D eigenvalue weighted by molar-refractivity contribution is 0.627. The fourth-order valence-electron chi connectivity index (χ4n) is 2.77. The van der Waals surface area contributed by atoms with Crippen molar-refractivity contribution in [3.63, 3.8) is 0 Å². The topological polar surface area (TPSA) is 67.1 Å². The lowest BCUT2D eigenvalue weighted by atomic mass is 9.97. The average molecular weight is 470 g/mol. The van der Waals surface area contributed by atoms with Gasteiger partial charge in [0.1, 0.15) is 12.2 Å². The second kappa shape index (κ2) is 12.7. The Morgan fingerprint density at radius 1 is 1.15 bits per heavy atom. The molecule has 2 N–H and O–H groups in total. The summed E-state index contributed by atoms with van der Waals surface area (Å²) in [7, 11) is 0. The van der Waals surface area contributed by atoms with Crippen molar-refractivity contribution in [1.29, 1.82) is 0 Å². The predicted octanol–water partition coefficient (Wildman–Crippen LogP) is 3.21. The molecule has 0 radical (unpaired) electrons. The van der Waals surface area contributed by atoms with E-state index in [1.807, 2.05) is 0 Å². The largest absolute Gasteiger partial charge is 0.357 e. The Hall–Kier alpha value is -1.64. The van der Waals surface area contributed by atoms with Gasteiger partial charge in [0, 0.05) is 38.5 Å². The van der Waals surface area contributed by atoms with Gasteiger partial charge in [0.2, 0.25) is 0 Å². The molecule has 0 saturated heterocycles. The molecule has 0 amide bonds. The maximum Gasteiger partial charge on any atom is 0.191 e. The van der Waals surface area contributed by atoms with Crippen molar-refractivity contribution >= 4 is 29.9 Å². The highest BCUT2D eigenvalue weighted by Gasteiger charge is 2.09. The third-order valence-corrected chi connectivity index (χ3v) is 4.23. The van der Waals surface area contributed by atoms with Gasteiger partial charge in [0.15, 0.2) is 5.96 Å². The molecular weight excluding hydrogens is 439 g/mol. The molecule has 1 heterocycles. The van der Waals surface area contributed by atoms with E-state index < -0.39 is 0 Å². The smallest absolute Gasteiger partial charge is 0.191 e. The van der Waals surface area contributed by atoms with Crippen molar-refractivity contribution in [1.82, 2.24) is 25.4 Å². The Morgan fingerprint density at radius 3 is 2.58 bits per heavy atom. The van der Waals surface area contributed by atoms with Crippen molar-refractivity contribution in [3.8, 4) is 0 Å². The minimum Gasteiger partial charge on any atom is -0.357 e. The number of guanidine groups is 1. The number of halogens is 1. The number of hydrogen-bond acceptors (Lipinski definition) is 3. The van der Waals surface area contributed by atoms with E-state index in [4.69, 9.17) is 4.99 Å². The zero-order valence-electron chi connectivity index (χ0n) is 16.0. The Balaban J connectivity index is 0.00000338. The summed E-state index contributed by atoms with van der Waals surface area (Å²) in [5.74, 6) is 2.32. The lowest BCUT2D eigenvalue weighted by Crippen LogP contribution is -2.39. The van der Waals surface area contributed by atoms with Crippen LogP contribution in [0.25, 0.3) is 0 Å². The third kappa shape index (κ3) is 6.93. The number of aromatic nitrogens is 3. The summed E-state index contributed by atoms with van der Waals surface area (Å²) in [6.07, 6.45) is 3.75. The zero-order valence-corrected chi connectivity index (χ0v) is 18.3. The van der Waals surface area contributed by atoms with E-state index in [1.54, 1.807) is 6.33 Å². The van der Waals surface area contributed by atoms with Gasteiger partial charge in [0.25, 0.3) is 0 Å². The van der Waals surface area contributed by atoms with Crippen molar-refractivity contribution < 1.29 is 0 Å². The number of rotatable bonds is 9. The van der Waals surface area contributed by atoms with Gasteiger partial charge < -0.3 is 15.2 Å². The van der Waals surface area contributed by atoms with Crippen LogP contribution in [0.3, 0.4) is 0 Å². The monoisotopic (exact) mass is 470 g/mol. The van der Waals surface area contributed by atoms with Gasteiger partial charge in [-0.15, -0.1) is 34.2 Å². The summed E-state index contributed by atoms with van der Waals surface area (Å²) in [4.78, 5) is 4.78. The van der Waals surface area contributed by atoms with E-state index in [2.05, 4.69) is 76.5 Å². The summed E-state index contributed by atoms with van der Waals surface area (Å²) >= 11 is 0. The minimum atomic E-state index is 0. The SMILES string of the molecule is CCNC(=NCC(CC)c1ccccc1)NCCn1cnnc1CC.I. The first kappa shape index (κ1) is 22.4. The molecule has 1 unspecified atom stereocenters. The molecule has 26 heavy (non-hydrogen) atoms. The summed E-state index contributed by atoms with van der Waals surface area (Å²) in [5, 5.41) is 14.8. The van der Waals surface area contributed by atoms with Crippen LogP contribution >= 0.6 is 24.0 Å². The van der Waals surface area contributed by atoms with Gasteiger partial charge in [-0.05, 0) is 18.9 Å². The van der Waals surface area contributed by atoms with Gasteiger partial charge in [-0.25, -0.2) is 0 Å². The number of nitrogens with zero attached hydrogens (tertiary/aromatic N) is 4. The summed E-state index contributed by atoms with van der Waals surface area (Å²) < 4.78 is 2.08. The zero-order chi connectivity index (χ0) is 17.9.